The molecule has 152 valence electrons. The second-order valence-corrected chi connectivity index (χ2v) is 6.19. The highest BCUT2D eigenvalue weighted by molar-refractivity contribution is 5.84. The van der Waals surface area contributed by atoms with E-state index in [9.17, 15) is 18.0 Å². The molecule has 0 radical (unpaired) electrons. The predicted octanol–water partition coefficient (Wildman–Crippen LogP) is 2.34. The van der Waals surface area contributed by atoms with E-state index in [1.807, 2.05) is 45.0 Å². The largest absolute Gasteiger partial charge is 0.489 e. The lowest BCUT2D eigenvalue weighted by atomic mass is 10.2. The van der Waals surface area contributed by atoms with Crippen LogP contribution in [0.2, 0.25) is 0 Å². The third kappa shape index (κ3) is 9.72. The Balaban J connectivity index is 2.54. The van der Waals surface area contributed by atoms with E-state index in [1.54, 1.807) is 0 Å². The van der Waals surface area contributed by atoms with Gasteiger partial charge in [0.05, 0.1) is 6.54 Å². The van der Waals surface area contributed by atoms with Crippen LogP contribution in [-0.4, -0.2) is 62.3 Å². The van der Waals surface area contributed by atoms with Crippen LogP contribution in [0, 0.1) is 6.92 Å². The van der Waals surface area contributed by atoms with E-state index in [0.29, 0.717) is 23.9 Å². The van der Waals surface area contributed by atoms with Crippen molar-refractivity contribution in [3.8, 4) is 5.75 Å². The van der Waals surface area contributed by atoms with Crippen LogP contribution in [0.15, 0.2) is 29.3 Å². The minimum Gasteiger partial charge on any atom is -0.489 e. The summed E-state index contributed by atoms with van der Waals surface area (Å²) in [6.45, 7) is 4.97. The van der Waals surface area contributed by atoms with Crippen molar-refractivity contribution in [2.45, 2.75) is 33.1 Å². The minimum absolute atomic E-state index is 0.181. The number of carbonyl (C=O) groups excluding carboxylic acids is 1. The highest BCUT2D eigenvalue weighted by atomic mass is 19.4. The molecule has 0 saturated carbocycles. The summed E-state index contributed by atoms with van der Waals surface area (Å²) in [4.78, 5) is 16.4. The Labute approximate surface area is 157 Å². The van der Waals surface area contributed by atoms with Gasteiger partial charge in [-0.2, -0.15) is 13.2 Å². The number of benzene rings is 1. The maximum Gasteiger partial charge on any atom is 0.406 e. The molecule has 6 nitrogen and oxygen atoms in total. The number of hydrogen-bond acceptors (Lipinski definition) is 3. The van der Waals surface area contributed by atoms with Gasteiger partial charge < -0.3 is 20.3 Å². The molecule has 27 heavy (non-hydrogen) atoms. The van der Waals surface area contributed by atoms with E-state index < -0.39 is 18.6 Å². The number of aryl methyl sites for hydroxylation is 1. The van der Waals surface area contributed by atoms with E-state index in [0.717, 1.165) is 18.4 Å². The van der Waals surface area contributed by atoms with Gasteiger partial charge in [0.15, 0.2) is 5.96 Å². The molecule has 0 aliphatic rings. The van der Waals surface area contributed by atoms with Gasteiger partial charge in [0.1, 0.15) is 24.9 Å². The number of aliphatic imine (C=N–C) groups is 1. The maximum absolute atomic E-state index is 12.3. The van der Waals surface area contributed by atoms with Gasteiger partial charge in [0.25, 0.3) is 0 Å². The van der Waals surface area contributed by atoms with E-state index in [4.69, 9.17) is 4.74 Å². The van der Waals surface area contributed by atoms with Crippen LogP contribution in [0.5, 0.6) is 5.75 Å². The fourth-order valence-corrected chi connectivity index (χ4v) is 2.17. The average molecular weight is 388 g/mol. The summed E-state index contributed by atoms with van der Waals surface area (Å²) in [5.74, 6) is 0.370. The number of carbonyl (C=O) groups is 1. The first-order chi connectivity index (χ1) is 12.6. The monoisotopic (exact) mass is 388 g/mol. The Hall–Kier alpha value is -2.45. The molecule has 0 aliphatic carbocycles. The minimum atomic E-state index is -4.43. The Morgan fingerprint density at radius 3 is 2.63 bits per heavy atom. The van der Waals surface area contributed by atoms with Gasteiger partial charge in [-0.3, -0.25) is 4.79 Å². The number of nitrogens with zero attached hydrogens (tertiary/aromatic N) is 2. The van der Waals surface area contributed by atoms with Crippen molar-refractivity contribution < 1.29 is 22.7 Å². The fourth-order valence-electron chi connectivity index (χ4n) is 2.17. The number of hydrogen-bond donors (Lipinski definition) is 2. The van der Waals surface area contributed by atoms with Gasteiger partial charge in [0, 0.05) is 13.6 Å². The number of rotatable bonds is 8. The van der Waals surface area contributed by atoms with Crippen LogP contribution in [0.25, 0.3) is 0 Å². The number of guanidine groups is 1. The summed E-state index contributed by atoms with van der Waals surface area (Å²) in [7, 11) is 1.10. The van der Waals surface area contributed by atoms with Gasteiger partial charge in [-0.15, -0.1) is 0 Å². The van der Waals surface area contributed by atoms with Crippen molar-refractivity contribution in [2.75, 3.05) is 33.2 Å². The van der Waals surface area contributed by atoms with Crippen LogP contribution in [0.4, 0.5) is 13.2 Å². The molecule has 0 aliphatic heterocycles. The van der Waals surface area contributed by atoms with E-state index >= 15 is 0 Å². The normalized spacial score (nSPS) is 13.1. The standard InChI is InChI=1S/C18H27F3N4O2/c1-5-22-17(24-11-16(26)25(4)12-18(19,20)21)23-10-14(3)27-15-8-6-7-13(2)9-15/h6-9,14H,5,10-12H2,1-4H3,(H2,22,23,24). The molecule has 0 spiro atoms. The van der Waals surface area contributed by atoms with Crippen molar-refractivity contribution in [1.29, 1.82) is 0 Å². The Kier molecular flexibility index (Phi) is 8.90. The zero-order valence-corrected chi connectivity index (χ0v) is 16.1. The van der Waals surface area contributed by atoms with E-state index in [2.05, 4.69) is 15.6 Å². The van der Waals surface area contributed by atoms with Crippen LogP contribution < -0.4 is 15.4 Å². The lowest BCUT2D eigenvalue weighted by Gasteiger charge is -2.19. The molecule has 1 rings (SSSR count). The lowest BCUT2D eigenvalue weighted by molar-refractivity contribution is -0.157. The molecule has 0 aromatic heterocycles. The number of nitrogens with one attached hydrogen (secondary N) is 2. The molecule has 0 fully saturated rings. The summed E-state index contributed by atoms with van der Waals surface area (Å²) in [5, 5.41) is 5.96. The van der Waals surface area contributed by atoms with Crippen LogP contribution in [-0.2, 0) is 4.79 Å². The van der Waals surface area contributed by atoms with Crippen LogP contribution >= 0.6 is 0 Å². The van der Waals surface area contributed by atoms with Gasteiger partial charge in [-0.25, -0.2) is 4.99 Å². The highest BCUT2D eigenvalue weighted by Gasteiger charge is 2.31. The zero-order chi connectivity index (χ0) is 20.4. The number of halogens is 3. The zero-order valence-electron chi connectivity index (χ0n) is 16.1. The average Bonchev–Trinajstić information content (AvgIpc) is 2.55. The summed E-state index contributed by atoms with van der Waals surface area (Å²) in [5.41, 5.74) is 1.09. The molecular formula is C18H27F3N4O2. The molecule has 0 saturated heterocycles. The Morgan fingerprint density at radius 1 is 1.33 bits per heavy atom. The number of likely N-dealkylation sites (N-methyl/N-ethyl adjacent to an activating group) is 1. The molecule has 1 aromatic carbocycles. The molecular weight excluding hydrogens is 361 g/mol. The third-order valence-electron chi connectivity index (χ3n) is 3.44. The quantitative estimate of drug-likeness (QED) is 0.530. The predicted molar refractivity (Wildman–Crippen MR) is 98.9 cm³/mol. The number of amides is 1. The lowest BCUT2D eigenvalue weighted by Crippen LogP contribution is -2.43. The van der Waals surface area contributed by atoms with E-state index in [1.165, 1.54) is 0 Å². The van der Waals surface area contributed by atoms with Gasteiger partial charge in [-0.05, 0) is 38.5 Å². The summed E-state index contributed by atoms with van der Waals surface area (Å²) >= 11 is 0. The first-order valence-electron chi connectivity index (χ1n) is 8.67. The summed E-state index contributed by atoms with van der Waals surface area (Å²) < 4.78 is 42.8. The summed E-state index contributed by atoms with van der Waals surface area (Å²) in [6, 6.07) is 7.65. The SMILES string of the molecule is CCNC(=NCC(=O)N(C)CC(F)(F)F)NCC(C)Oc1cccc(C)c1. The Bertz CT molecular complexity index is 635. The molecule has 1 aromatic rings. The first-order valence-corrected chi connectivity index (χ1v) is 8.67. The van der Waals surface area contributed by atoms with Crippen molar-refractivity contribution in [3.05, 3.63) is 29.8 Å². The van der Waals surface area contributed by atoms with Gasteiger partial charge >= 0.3 is 6.18 Å². The molecule has 2 N–H and O–H groups in total. The molecule has 1 unspecified atom stereocenters. The third-order valence-corrected chi connectivity index (χ3v) is 3.44. The van der Waals surface area contributed by atoms with Crippen molar-refractivity contribution >= 4 is 11.9 Å². The smallest absolute Gasteiger partial charge is 0.406 e. The molecule has 0 bridgehead atoms. The maximum atomic E-state index is 12.3. The number of ether oxygens (including phenoxy) is 1. The molecule has 0 heterocycles. The van der Waals surface area contributed by atoms with Gasteiger partial charge in [0.2, 0.25) is 5.91 Å². The summed E-state index contributed by atoms with van der Waals surface area (Å²) in [6.07, 6.45) is -4.61. The topological polar surface area (TPSA) is 66.0 Å². The first kappa shape index (κ1) is 22.6. The van der Waals surface area contributed by atoms with Crippen molar-refractivity contribution in [1.82, 2.24) is 15.5 Å². The van der Waals surface area contributed by atoms with Crippen molar-refractivity contribution in [3.63, 3.8) is 0 Å². The van der Waals surface area contributed by atoms with Crippen molar-refractivity contribution in [2.24, 2.45) is 4.99 Å². The molecule has 9 heteroatoms. The van der Waals surface area contributed by atoms with Crippen LogP contribution in [0.1, 0.15) is 19.4 Å². The highest BCUT2D eigenvalue weighted by Crippen LogP contribution is 2.15. The number of alkyl halides is 3. The fraction of sp³-hybridized carbons (Fsp3) is 0.556. The van der Waals surface area contributed by atoms with Gasteiger partial charge in [-0.1, -0.05) is 12.1 Å². The van der Waals surface area contributed by atoms with E-state index in [-0.39, 0.29) is 12.6 Å². The second kappa shape index (κ2) is 10.6. The molecule has 1 amide bonds. The second-order valence-electron chi connectivity index (χ2n) is 6.19. The Morgan fingerprint density at radius 2 is 2.04 bits per heavy atom. The molecule has 1 atom stereocenters. The van der Waals surface area contributed by atoms with Crippen LogP contribution in [0.3, 0.4) is 0 Å².